The van der Waals surface area contributed by atoms with Gasteiger partial charge in [-0.05, 0) is 41.0 Å². The summed E-state index contributed by atoms with van der Waals surface area (Å²) < 4.78 is 19.6. The molecule has 0 fully saturated rings. The van der Waals surface area contributed by atoms with E-state index in [1.54, 1.807) is 30.3 Å². The number of halogens is 1. The molecule has 0 bridgehead atoms. The van der Waals surface area contributed by atoms with Crippen LogP contribution in [0.15, 0.2) is 72.8 Å². The van der Waals surface area contributed by atoms with Gasteiger partial charge in [0, 0.05) is 11.6 Å². The highest BCUT2D eigenvalue weighted by Crippen LogP contribution is 2.27. The second-order valence-electron chi connectivity index (χ2n) is 5.39. The summed E-state index contributed by atoms with van der Waals surface area (Å²) in [7, 11) is 0. The van der Waals surface area contributed by atoms with E-state index in [2.05, 4.69) is 0 Å². The third-order valence-electron chi connectivity index (χ3n) is 3.60. The molecule has 0 spiro atoms. The average Bonchev–Trinajstić information content (AvgIpc) is 2.60. The van der Waals surface area contributed by atoms with Crippen molar-refractivity contribution in [2.24, 2.45) is 5.73 Å². The van der Waals surface area contributed by atoms with Crippen LogP contribution in [-0.2, 0) is 6.61 Å². The summed E-state index contributed by atoms with van der Waals surface area (Å²) in [6.07, 6.45) is 0. The molecule has 0 saturated carbocycles. The van der Waals surface area contributed by atoms with Crippen molar-refractivity contribution >= 4 is 5.91 Å². The van der Waals surface area contributed by atoms with Crippen LogP contribution < -0.4 is 10.5 Å². The summed E-state index contributed by atoms with van der Waals surface area (Å²) >= 11 is 0. The zero-order valence-electron chi connectivity index (χ0n) is 12.9. The van der Waals surface area contributed by atoms with Crippen molar-refractivity contribution in [1.82, 2.24) is 0 Å². The van der Waals surface area contributed by atoms with Gasteiger partial charge < -0.3 is 10.5 Å². The fourth-order valence-electron chi connectivity index (χ4n) is 2.41. The molecule has 0 aliphatic carbocycles. The lowest BCUT2D eigenvalue weighted by atomic mass is 10.0. The van der Waals surface area contributed by atoms with Gasteiger partial charge in [0.2, 0.25) is 5.91 Å². The van der Waals surface area contributed by atoms with Crippen LogP contribution in [0.4, 0.5) is 4.39 Å². The molecular weight excluding hydrogens is 305 g/mol. The molecular formula is C20H16FNO2. The van der Waals surface area contributed by atoms with E-state index < -0.39 is 11.7 Å². The molecule has 3 nitrogen and oxygen atoms in total. The van der Waals surface area contributed by atoms with Gasteiger partial charge in [-0.25, -0.2) is 4.39 Å². The molecule has 0 aromatic heterocycles. The first-order valence-electron chi connectivity index (χ1n) is 7.49. The number of carbonyl (C=O) groups is 1. The minimum absolute atomic E-state index is 0.352. The lowest BCUT2D eigenvalue weighted by Crippen LogP contribution is -2.10. The molecule has 0 aliphatic rings. The first-order chi connectivity index (χ1) is 11.6. The summed E-state index contributed by atoms with van der Waals surface area (Å²) in [5.41, 5.74) is 8.00. The Morgan fingerprint density at radius 3 is 2.46 bits per heavy atom. The van der Waals surface area contributed by atoms with E-state index >= 15 is 0 Å². The number of nitrogens with two attached hydrogens (primary N) is 1. The zero-order valence-corrected chi connectivity index (χ0v) is 12.9. The minimum Gasteiger partial charge on any atom is -0.489 e. The summed E-state index contributed by atoms with van der Waals surface area (Å²) in [6.45, 7) is 0.352. The predicted molar refractivity (Wildman–Crippen MR) is 91.1 cm³/mol. The predicted octanol–water partition coefficient (Wildman–Crippen LogP) is 4.17. The van der Waals surface area contributed by atoms with Crippen LogP contribution in [0.25, 0.3) is 11.1 Å². The van der Waals surface area contributed by atoms with Crippen LogP contribution in [0.1, 0.15) is 15.9 Å². The Balaban J connectivity index is 1.86. The number of benzene rings is 3. The largest absolute Gasteiger partial charge is 0.489 e. The van der Waals surface area contributed by atoms with Crippen molar-refractivity contribution in [1.29, 1.82) is 0 Å². The Hall–Kier alpha value is -3.14. The maximum absolute atomic E-state index is 13.9. The normalized spacial score (nSPS) is 10.4. The van der Waals surface area contributed by atoms with E-state index in [1.807, 2.05) is 30.3 Å². The first kappa shape index (κ1) is 15.7. The summed E-state index contributed by atoms with van der Waals surface area (Å²) in [5, 5.41) is 0. The lowest BCUT2D eigenvalue weighted by Gasteiger charge is -2.10. The highest BCUT2D eigenvalue weighted by molar-refractivity contribution is 5.94. The van der Waals surface area contributed by atoms with Crippen LogP contribution >= 0.6 is 0 Å². The Labute approximate surface area is 139 Å². The Bertz CT molecular complexity index is 863. The third kappa shape index (κ3) is 3.79. The van der Waals surface area contributed by atoms with E-state index in [1.165, 1.54) is 12.1 Å². The molecule has 0 aliphatic heterocycles. The molecule has 0 heterocycles. The van der Waals surface area contributed by atoms with Gasteiger partial charge in [-0.1, -0.05) is 42.5 Å². The van der Waals surface area contributed by atoms with Crippen LogP contribution in [0.3, 0.4) is 0 Å². The number of hydrogen-bond acceptors (Lipinski definition) is 2. The van der Waals surface area contributed by atoms with Crippen molar-refractivity contribution in [2.45, 2.75) is 6.61 Å². The number of hydrogen-bond donors (Lipinski definition) is 1. The van der Waals surface area contributed by atoms with Crippen LogP contribution in [0, 0.1) is 5.82 Å². The molecule has 3 rings (SSSR count). The molecule has 24 heavy (non-hydrogen) atoms. The smallest absolute Gasteiger partial charge is 0.248 e. The molecule has 0 unspecified atom stereocenters. The summed E-state index contributed by atoms with van der Waals surface area (Å²) in [4.78, 5) is 11.3. The third-order valence-corrected chi connectivity index (χ3v) is 3.60. The minimum atomic E-state index is -0.520. The molecule has 1 amide bonds. The molecule has 0 saturated heterocycles. The monoisotopic (exact) mass is 321 g/mol. The van der Waals surface area contributed by atoms with Crippen molar-refractivity contribution in [3.05, 3.63) is 89.7 Å². The van der Waals surface area contributed by atoms with Gasteiger partial charge in [0.05, 0.1) is 0 Å². The maximum atomic E-state index is 13.9. The van der Waals surface area contributed by atoms with Crippen LogP contribution in [0.5, 0.6) is 5.75 Å². The van der Waals surface area contributed by atoms with Crippen molar-refractivity contribution in [2.75, 3.05) is 0 Å². The maximum Gasteiger partial charge on any atom is 0.248 e. The van der Waals surface area contributed by atoms with Gasteiger partial charge in [-0.3, -0.25) is 4.79 Å². The van der Waals surface area contributed by atoms with Gasteiger partial charge in [0.25, 0.3) is 0 Å². The van der Waals surface area contributed by atoms with Crippen LogP contribution in [-0.4, -0.2) is 5.91 Å². The SMILES string of the molecule is NC(=O)c1cccc(-c2cc(F)cc(OCc3ccccc3)c2)c1. The number of amides is 1. The van der Waals surface area contributed by atoms with E-state index in [-0.39, 0.29) is 0 Å². The number of primary amides is 1. The van der Waals surface area contributed by atoms with E-state index in [4.69, 9.17) is 10.5 Å². The van der Waals surface area contributed by atoms with Crippen molar-refractivity contribution in [3.8, 4) is 16.9 Å². The molecule has 3 aromatic rings. The summed E-state index contributed by atoms with van der Waals surface area (Å²) in [6, 6.07) is 20.9. The lowest BCUT2D eigenvalue weighted by molar-refractivity contribution is 0.100. The van der Waals surface area contributed by atoms with Gasteiger partial charge in [-0.15, -0.1) is 0 Å². The van der Waals surface area contributed by atoms with Crippen LogP contribution in [0.2, 0.25) is 0 Å². The average molecular weight is 321 g/mol. The molecule has 3 aromatic carbocycles. The molecule has 4 heteroatoms. The number of rotatable bonds is 5. The highest BCUT2D eigenvalue weighted by Gasteiger charge is 2.07. The first-order valence-corrected chi connectivity index (χ1v) is 7.49. The molecule has 2 N–H and O–H groups in total. The Kier molecular flexibility index (Phi) is 4.57. The fraction of sp³-hybridized carbons (Fsp3) is 0.0500. The van der Waals surface area contributed by atoms with E-state index in [9.17, 15) is 9.18 Å². The standard InChI is InChI=1S/C20H16FNO2/c21-18-10-17(15-7-4-8-16(9-15)20(22)23)11-19(12-18)24-13-14-5-2-1-3-6-14/h1-12H,13H2,(H2,22,23). The Morgan fingerprint density at radius 1 is 0.917 bits per heavy atom. The number of carbonyl (C=O) groups excluding carboxylic acids is 1. The van der Waals surface area contributed by atoms with E-state index in [0.717, 1.165) is 5.56 Å². The second kappa shape index (κ2) is 6.96. The molecule has 120 valence electrons. The highest BCUT2D eigenvalue weighted by atomic mass is 19.1. The zero-order chi connectivity index (χ0) is 16.9. The van der Waals surface area contributed by atoms with E-state index in [0.29, 0.717) is 29.0 Å². The van der Waals surface area contributed by atoms with Crippen molar-refractivity contribution in [3.63, 3.8) is 0 Å². The van der Waals surface area contributed by atoms with Crippen molar-refractivity contribution < 1.29 is 13.9 Å². The Morgan fingerprint density at radius 2 is 1.71 bits per heavy atom. The quantitative estimate of drug-likeness (QED) is 0.767. The second-order valence-corrected chi connectivity index (χ2v) is 5.39. The molecule has 0 radical (unpaired) electrons. The topological polar surface area (TPSA) is 52.3 Å². The van der Waals surface area contributed by atoms with Gasteiger partial charge in [0.15, 0.2) is 0 Å². The summed E-state index contributed by atoms with van der Waals surface area (Å²) in [5.74, 6) is -0.493. The van der Waals surface area contributed by atoms with Gasteiger partial charge in [0.1, 0.15) is 18.2 Å². The fourth-order valence-corrected chi connectivity index (χ4v) is 2.41. The van der Waals surface area contributed by atoms with Gasteiger partial charge in [-0.2, -0.15) is 0 Å². The number of ether oxygens (including phenoxy) is 1. The molecule has 0 atom stereocenters. The van der Waals surface area contributed by atoms with Gasteiger partial charge >= 0.3 is 0 Å².